The molecule has 96 valence electrons. The van der Waals surface area contributed by atoms with E-state index in [0.717, 1.165) is 9.26 Å². The third-order valence-corrected chi connectivity index (χ3v) is 3.50. The predicted octanol–water partition coefficient (Wildman–Crippen LogP) is 3.49. The number of benzene rings is 1. The molecule has 0 aliphatic rings. The zero-order valence-corrected chi connectivity index (χ0v) is 12.2. The number of fused-ring (bicyclic) bond motifs is 1. The first kappa shape index (κ1) is 12.5. The third-order valence-electron chi connectivity index (χ3n) is 2.44. The van der Waals surface area contributed by atoms with Crippen LogP contribution in [0.25, 0.3) is 11.2 Å². The molecule has 0 atom stereocenters. The Hall–Kier alpha value is -1.48. The normalized spacial score (nSPS) is 10.9. The van der Waals surface area contributed by atoms with Gasteiger partial charge in [0.2, 0.25) is 5.28 Å². The van der Waals surface area contributed by atoms with Crippen molar-refractivity contribution >= 4 is 56.9 Å². The summed E-state index contributed by atoms with van der Waals surface area (Å²) in [4.78, 5) is 15.0. The van der Waals surface area contributed by atoms with Gasteiger partial charge in [-0.05, 0) is 52.4 Å². The van der Waals surface area contributed by atoms with Crippen molar-refractivity contribution in [3.8, 4) is 0 Å². The number of aromatic nitrogens is 4. The number of hydrogen-bond donors (Lipinski definition) is 2. The Morgan fingerprint density at radius 2 is 2.16 bits per heavy atom. The Morgan fingerprint density at radius 1 is 1.32 bits per heavy atom. The Balaban J connectivity index is 2.07. The maximum absolute atomic E-state index is 13.1. The average molecular weight is 390 g/mol. The zero-order valence-electron chi connectivity index (χ0n) is 9.28. The van der Waals surface area contributed by atoms with Crippen molar-refractivity contribution in [1.82, 2.24) is 19.9 Å². The van der Waals surface area contributed by atoms with Crippen LogP contribution < -0.4 is 5.32 Å². The number of rotatable bonds is 2. The van der Waals surface area contributed by atoms with Gasteiger partial charge in [0.05, 0.1) is 12.0 Å². The van der Waals surface area contributed by atoms with Crippen LogP contribution in [0.15, 0.2) is 24.5 Å². The summed E-state index contributed by atoms with van der Waals surface area (Å²) in [5.41, 5.74) is 1.84. The number of imidazole rings is 1. The molecule has 0 spiro atoms. The van der Waals surface area contributed by atoms with Crippen molar-refractivity contribution in [1.29, 1.82) is 0 Å². The van der Waals surface area contributed by atoms with Crippen molar-refractivity contribution < 1.29 is 4.39 Å². The van der Waals surface area contributed by atoms with E-state index in [1.807, 2.05) is 22.6 Å². The lowest BCUT2D eigenvalue weighted by molar-refractivity contribution is 0.627. The fourth-order valence-electron chi connectivity index (χ4n) is 1.62. The number of hydrogen-bond acceptors (Lipinski definition) is 4. The second-order valence-electron chi connectivity index (χ2n) is 3.69. The molecule has 0 fully saturated rings. The molecule has 0 saturated heterocycles. The summed E-state index contributed by atoms with van der Waals surface area (Å²) in [7, 11) is 0. The predicted molar refractivity (Wildman–Crippen MR) is 79.1 cm³/mol. The number of anilines is 2. The van der Waals surface area contributed by atoms with Crippen LogP contribution in [0.5, 0.6) is 0 Å². The van der Waals surface area contributed by atoms with E-state index in [4.69, 9.17) is 11.6 Å². The molecule has 0 amide bonds. The first-order valence-electron chi connectivity index (χ1n) is 5.22. The summed E-state index contributed by atoms with van der Waals surface area (Å²) < 4.78 is 13.8. The molecule has 3 rings (SSSR count). The Morgan fingerprint density at radius 3 is 2.95 bits per heavy atom. The van der Waals surface area contributed by atoms with Gasteiger partial charge in [0.1, 0.15) is 11.3 Å². The van der Waals surface area contributed by atoms with Crippen molar-refractivity contribution in [2.24, 2.45) is 0 Å². The van der Waals surface area contributed by atoms with Crippen LogP contribution in [0, 0.1) is 9.39 Å². The molecule has 3 aromatic rings. The van der Waals surface area contributed by atoms with Crippen LogP contribution in [-0.4, -0.2) is 19.9 Å². The van der Waals surface area contributed by atoms with Gasteiger partial charge in [-0.3, -0.25) is 0 Å². The largest absolute Gasteiger partial charge is 0.340 e. The van der Waals surface area contributed by atoms with Crippen molar-refractivity contribution in [3.05, 3.63) is 39.2 Å². The lowest BCUT2D eigenvalue weighted by Gasteiger charge is -2.08. The van der Waals surface area contributed by atoms with E-state index < -0.39 is 0 Å². The molecule has 19 heavy (non-hydrogen) atoms. The summed E-state index contributed by atoms with van der Waals surface area (Å²) in [5, 5.41) is 3.18. The summed E-state index contributed by atoms with van der Waals surface area (Å²) in [6.45, 7) is 0. The van der Waals surface area contributed by atoms with Gasteiger partial charge < -0.3 is 10.3 Å². The van der Waals surface area contributed by atoms with Crippen LogP contribution in [0.4, 0.5) is 15.9 Å². The van der Waals surface area contributed by atoms with E-state index in [9.17, 15) is 4.39 Å². The SMILES string of the molecule is Fc1ccc(Nc2nc(Cl)nc3nc[nH]c23)c(I)c1. The molecule has 0 radical (unpaired) electrons. The topological polar surface area (TPSA) is 66.5 Å². The Bertz CT molecular complexity index is 760. The van der Waals surface area contributed by atoms with E-state index in [2.05, 4.69) is 25.3 Å². The van der Waals surface area contributed by atoms with E-state index in [-0.39, 0.29) is 11.1 Å². The van der Waals surface area contributed by atoms with Gasteiger partial charge in [0.25, 0.3) is 0 Å². The fourth-order valence-corrected chi connectivity index (χ4v) is 2.39. The van der Waals surface area contributed by atoms with E-state index in [1.54, 1.807) is 6.07 Å². The summed E-state index contributed by atoms with van der Waals surface area (Å²) >= 11 is 7.87. The molecule has 0 saturated carbocycles. The average Bonchev–Trinajstić information content (AvgIpc) is 2.80. The molecular weight excluding hydrogens is 384 g/mol. The molecule has 0 aliphatic carbocycles. The van der Waals surface area contributed by atoms with Crippen molar-refractivity contribution in [2.75, 3.05) is 5.32 Å². The number of aromatic amines is 1. The Labute approximate surface area is 125 Å². The molecule has 5 nitrogen and oxygen atoms in total. The van der Waals surface area contributed by atoms with Gasteiger partial charge >= 0.3 is 0 Å². The molecule has 1 aromatic carbocycles. The standard InChI is InChI=1S/C11H6ClFIN5/c12-11-18-9-8(15-4-16-9)10(19-11)17-7-2-1-5(13)3-6(7)14/h1-4H,(H2,15,16,17,18,19). The van der Waals surface area contributed by atoms with Crippen LogP contribution in [0.3, 0.4) is 0 Å². The van der Waals surface area contributed by atoms with Gasteiger partial charge in [-0.25, -0.2) is 9.37 Å². The number of halogens is 3. The smallest absolute Gasteiger partial charge is 0.226 e. The van der Waals surface area contributed by atoms with Crippen molar-refractivity contribution in [3.63, 3.8) is 0 Å². The number of H-pyrrole nitrogens is 1. The number of nitrogens with one attached hydrogen (secondary N) is 2. The second-order valence-corrected chi connectivity index (χ2v) is 5.19. The minimum absolute atomic E-state index is 0.0965. The first-order chi connectivity index (χ1) is 9.13. The molecule has 0 aliphatic heterocycles. The van der Waals surface area contributed by atoms with Gasteiger partial charge in [0, 0.05) is 3.57 Å². The summed E-state index contributed by atoms with van der Waals surface area (Å²) in [6.07, 6.45) is 1.51. The highest BCUT2D eigenvalue weighted by Gasteiger charge is 2.10. The molecule has 2 N–H and O–H groups in total. The van der Waals surface area contributed by atoms with Gasteiger partial charge in [0.15, 0.2) is 11.5 Å². The van der Waals surface area contributed by atoms with Gasteiger partial charge in [-0.15, -0.1) is 0 Å². The molecular formula is C11H6ClFIN5. The van der Waals surface area contributed by atoms with E-state index >= 15 is 0 Å². The molecule has 2 aromatic heterocycles. The minimum atomic E-state index is -0.289. The van der Waals surface area contributed by atoms with Crippen molar-refractivity contribution in [2.45, 2.75) is 0 Å². The highest BCUT2D eigenvalue weighted by Crippen LogP contribution is 2.26. The van der Waals surface area contributed by atoms with Crippen LogP contribution >= 0.6 is 34.2 Å². The molecule has 2 heterocycles. The minimum Gasteiger partial charge on any atom is -0.340 e. The quantitative estimate of drug-likeness (QED) is 0.520. The monoisotopic (exact) mass is 389 g/mol. The van der Waals surface area contributed by atoms with E-state index in [1.165, 1.54) is 18.5 Å². The summed E-state index contributed by atoms with van der Waals surface area (Å²) in [5.74, 6) is 0.208. The molecule has 0 bridgehead atoms. The molecule has 0 unspecified atom stereocenters. The van der Waals surface area contributed by atoms with Gasteiger partial charge in [-0.1, -0.05) is 0 Å². The maximum Gasteiger partial charge on any atom is 0.226 e. The maximum atomic E-state index is 13.1. The highest BCUT2D eigenvalue weighted by atomic mass is 127. The Kier molecular flexibility index (Phi) is 3.23. The number of nitrogens with zero attached hydrogens (tertiary/aromatic N) is 3. The second kappa shape index (κ2) is 4.89. The molecule has 8 heteroatoms. The first-order valence-corrected chi connectivity index (χ1v) is 6.68. The fraction of sp³-hybridized carbons (Fsp3) is 0. The third kappa shape index (κ3) is 2.47. The highest BCUT2D eigenvalue weighted by molar-refractivity contribution is 14.1. The van der Waals surface area contributed by atoms with Gasteiger partial charge in [-0.2, -0.15) is 9.97 Å². The lowest BCUT2D eigenvalue weighted by atomic mass is 10.3. The summed E-state index contributed by atoms with van der Waals surface area (Å²) in [6, 6.07) is 4.43. The van der Waals surface area contributed by atoms with Crippen LogP contribution in [0.1, 0.15) is 0 Å². The van der Waals surface area contributed by atoms with Crippen LogP contribution in [0.2, 0.25) is 5.28 Å². The lowest BCUT2D eigenvalue weighted by Crippen LogP contribution is -1.99. The van der Waals surface area contributed by atoms with E-state index in [0.29, 0.717) is 17.0 Å². The van der Waals surface area contributed by atoms with Crippen LogP contribution in [-0.2, 0) is 0 Å². The zero-order chi connectivity index (χ0) is 13.4.